The average molecular weight is 134 g/mol. The predicted octanol–water partition coefficient (Wildman–Crippen LogP) is 1.32. The molecule has 0 heterocycles. The van der Waals surface area contributed by atoms with Crippen LogP contribution in [0.15, 0.2) is 0 Å². The summed E-state index contributed by atoms with van der Waals surface area (Å²) in [7, 11) is 3.75. The van der Waals surface area contributed by atoms with E-state index in [1.807, 2.05) is 14.1 Å². The molecule has 0 aliphatic rings. The van der Waals surface area contributed by atoms with E-state index in [1.54, 1.807) is 0 Å². The van der Waals surface area contributed by atoms with Crippen LogP contribution >= 0.6 is 24.8 Å². The first kappa shape index (κ1) is 31.1. The number of hydrogen-bond donors (Lipinski definition) is 1. The summed E-state index contributed by atoms with van der Waals surface area (Å²) >= 11 is 0. The molecule has 1 N–H and O–H groups in total. The smallest absolute Gasteiger partial charge is 0.0167 e. The molecule has 0 bridgehead atoms. The Bertz CT molecular complexity index is 8.75. The van der Waals surface area contributed by atoms with Gasteiger partial charge in [-0.1, -0.05) is 7.43 Å². The van der Waals surface area contributed by atoms with Crippen molar-refractivity contribution in [2.24, 2.45) is 0 Å². The Morgan fingerprint density at radius 3 is 1.00 bits per heavy atom. The maximum atomic E-state index is 2.75. The van der Waals surface area contributed by atoms with E-state index in [0.717, 1.165) is 0 Å². The van der Waals surface area contributed by atoms with Crippen molar-refractivity contribution in [2.45, 2.75) is 7.43 Å². The van der Waals surface area contributed by atoms with E-state index in [1.165, 1.54) is 0 Å². The fourth-order valence-corrected chi connectivity index (χ4v) is 0. The molecular weight excluding hydrogens is 121 g/mol. The maximum Gasteiger partial charge on any atom is -0.0167 e. The summed E-state index contributed by atoms with van der Waals surface area (Å²) in [6, 6.07) is 0. The summed E-state index contributed by atoms with van der Waals surface area (Å²) in [5.74, 6) is 0. The molecular formula is C3H13Cl2N. The van der Waals surface area contributed by atoms with Gasteiger partial charge in [-0.2, -0.15) is 0 Å². The molecule has 0 saturated heterocycles. The van der Waals surface area contributed by atoms with Crippen LogP contribution in [-0.2, 0) is 0 Å². The quantitative estimate of drug-likeness (QED) is 0.526. The van der Waals surface area contributed by atoms with Crippen molar-refractivity contribution in [2.75, 3.05) is 14.1 Å². The number of hydrogen-bond acceptors (Lipinski definition) is 1. The fourth-order valence-electron chi connectivity index (χ4n) is 0. The van der Waals surface area contributed by atoms with Crippen molar-refractivity contribution < 1.29 is 0 Å². The molecule has 0 aliphatic heterocycles. The largest absolute Gasteiger partial charge is 0.323 e. The monoisotopic (exact) mass is 133 g/mol. The van der Waals surface area contributed by atoms with Crippen LogP contribution in [0.1, 0.15) is 7.43 Å². The van der Waals surface area contributed by atoms with Crippen LogP contribution in [0.2, 0.25) is 0 Å². The zero-order chi connectivity index (χ0) is 2.71. The Hall–Kier alpha value is 0.540. The number of halogens is 2. The van der Waals surface area contributed by atoms with Crippen LogP contribution in [0, 0.1) is 0 Å². The minimum Gasteiger partial charge on any atom is -0.323 e. The highest BCUT2D eigenvalue weighted by atomic mass is 35.5. The molecule has 0 aliphatic carbocycles. The van der Waals surface area contributed by atoms with E-state index in [4.69, 9.17) is 0 Å². The molecule has 0 amide bonds. The topological polar surface area (TPSA) is 12.0 Å². The van der Waals surface area contributed by atoms with Crippen LogP contribution in [0.5, 0.6) is 0 Å². The van der Waals surface area contributed by atoms with Crippen LogP contribution in [0.3, 0.4) is 0 Å². The van der Waals surface area contributed by atoms with Gasteiger partial charge in [0.15, 0.2) is 0 Å². The molecule has 0 aromatic rings. The van der Waals surface area contributed by atoms with E-state index in [9.17, 15) is 0 Å². The van der Waals surface area contributed by atoms with E-state index in [-0.39, 0.29) is 32.2 Å². The average Bonchev–Trinajstić information content (AvgIpc) is 0.918. The summed E-state index contributed by atoms with van der Waals surface area (Å²) in [6.45, 7) is 0. The molecule has 0 spiro atoms. The van der Waals surface area contributed by atoms with Crippen molar-refractivity contribution in [3.05, 3.63) is 0 Å². The summed E-state index contributed by atoms with van der Waals surface area (Å²) < 4.78 is 0. The summed E-state index contributed by atoms with van der Waals surface area (Å²) in [5, 5.41) is 2.75. The highest BCUT2D eigenvalue weighted by Gasteiger charge is 1.25. The first-order chi connectivity index (χ1) is 1.41. The first-order valence-electron chi connectivity index (χ1n) is 1.00. The molecule has 0 radical (unpaired) electrons. The van der Waals surface area contributed by atoms with Gasteiger partial charge < -0.3 is 5.32 Å². The molecule has 0 aromatic heterocycles. The normalized spacial score (nSPS) is 3.00. The lowest BCUT2D eigenvalue weighted by molar-refractivity contribution is 1.02. The SMILES string of the molecule is C.CNC.Cl.Cl. The standard InChI is InChI=1S/C2H7N.CH4.2ClH/c1-3-2;;;/h3H,1-2H3;1H4;2*1H. The molecule has 0 rings (SSSR count). The van der Waals surface area contributed by atoms with Crippen molar-refractivity contribution in [3.63, 3.8) is 0 Å². The number of rotatable bonds is 0. The van der Waals surface area contributed by atoms with Gasteiger partial charge in [0.05, 0.1) is 0 Å². The van der Waals surface area contributed by atoms with Crippen LogP contribution < -0.4 is 5.32 Å². The lowest BCUT2D eigenvalue weighted by Crippen LogP contribution is -1.89. The lowest BCUT2D eigenvalue weighted by atomic mass is 11.3. The van der Waals surface area contributed by atoms with Gasteiger partial charge in [0.25, 0.3) is 0 Å². The van der Waals surface area contributed by atoms with Crippen LogP contribution in [0.25, 0.3) is 0 Å². The molecule has 6 heavy (non-hydrogen) atoms. The van der Waals surface area contributed by atoms with Gasteiger partial charge in [0, 0.05) is 0 Å². The van der Waals surface area contributed by atoms with E-state index >= 15 is 0 Å². The van der Waals surface area contributed by atoms with Crippen LogP contribution in [0.4, 0.5) is 0 Å². The molecule has 0 atom stereocenters. The van der Waals surface area contributed by atoms with Gasteiger partial charge >= 0.3 is 0 Å². The zero-order valence-corrected chi connectivity index (χ0v) is 4.95. The number of nitrogens with one attached hydrogen (secondary N) is 1. The molecule has 0 aromatic carbocycles. The maximum absolute atomic E-state index is 2.75. The zero-order valence-electron chi connectivity index (χ0n) is 3.32. The summed E-state index contributed by atoms with van der Waals surface area (Å²) in [6.07, 6.45) is 0. The summed E-state index contributed by atoms with van der Waals surface area (Å²) in [4.78, 5) is 0. The van der Waals surface area contributed by atoms with Gasteiger partial charge in [0.1, 0.15) is 0 Å². The third kappa shape index (κ3) is 195. The molecule has 0 fully saturated rings. The fraction of sp³-hybridized carbons (Fsp3) is 1.00. The first-order valence-corrected chi connectivity index (χ1v) is 1.00. The molecule has 3 heteroatoms. The second kappa shape index (κ2) is 48.1. The predicted molar refractivity (Wildman–Crippen MR) is 36.2 cm³/mol. The third-order valence-corrected chi connectivity index (χ3v) is 0. The Labute approximate surface area is 52.3 Å². The van der Waals surface area contributed by atoms with E-state index in [0.29, 0.717) is 0 Å². The lowest BCUT2D eigenvalue weighted by Gasteiger charge is -1.59. The van der Waals surface area contributed by atoms with E-state index in [2.05, 4.69) is 5.32 Å². The van der Waals surface area contributed by atoms with Crippen molar-refractivity contribution in [3.8, 4) is 0 Å². The second-order valence-electron chi connectivity index (χ2n) is 0.500. The Balaban J connectivity index is -0.00000000667. The van der Waals surface area contributed by atoms with Gasteiger partial charge in [-0.3, -0.25) is 0 Å². The molecule has 1 nitrogen and oxygen atoms in total. The van der Waals surface area contributed by atoms with Crippen LogP contribution in [-0.4, -0.2) is 14.1 Å². The van der Waals surface area contributed by atoms with Crippen molar-refractivity contribution in [1.29, 1.82) is 0 Å². The van der Waals surface area contributed by atoms with Gasteiger partial charge in [0.2, 0.25) is 0 Å². The highest BCUT2D eigenvalue weighted by molar-refractivity contribution is 5.85. The highest BCUT2D eigenvalue weighted by Crippen LogP contribution is 0.981. The third-order valence-electron chi connectivity index (χ3n) is 0. The summed E-state index contributed by atoms with van der Waals surface area (Å²) in [5.41, 5.74) is 0. The van der Waals surface area contributed by atoms with Gasteiger partial charge in [-0.25, -0.2) is 0 Å². The van der Waals surface area contributed by atoms with Crippen molar-refractivity contribution in [1.82, 2.24) is 5.32 Å². The van der Waals surface area contributed by atoms with E-state index < -0.39 is 0 Å². The minimum absolute atomic E-state index is 0. The Morgan fingerprint density at radius 1 is 1.00 bits per heavy atom. The Kier molecular flexibility index (Phi) is 250. The molecule has 0 saturated carbocycles. The second-order valence-corrected chi connectivity index (χ2v) is 0.500. The van der Waals surface area contributed by atoms with Gasteiger partial charge in [-0.15, -0.1) is 24.8 Å². The Morgan fingerprint density at radius 2 is 1.00 bits per heavy atom. The van der Waals surface area contributed by atoms with Gasteiger partial charge in [-0.05, 0) is 14.1 Å². The molecule has 0 unspecified atom stereocenters. The minimum atomic E-state index is 0. The van der Waals surface area contributed by atoms with Crippen molar-refractivity contribution >= 4 is 24.8 Å². The molecule has 44 valence electrons.